The van der Waals surface area contributed by atoms with Crippen LogP contribution in [0.15, 0.2) is 42.5 Å². The van der Waals surface area contributed by atoms with Crippen LogP contribution in [0.4, 0.5) is 20.2 Å². The number of amides is 3. The van der Waals surface area contributed by atoms with E-state index >= 15 is 0 Å². The van der Waals surface area contributed by atoms with Gasteiger partial charge in [-0.2, -0.15) is 0 Å². The summed E-state index contributed by atoms with van der Waals surface area (Å²) in [6.07, 6.45) is 0. The van der Waals surface area contributed by atoms with E-state index in [1.807, 2.05) is 0 Å². The smallest absolute Gasteiger partial charge is 0.316 e. The summed E-state index contributed by atoms with van der Waals surface area (Å²) in [7, 11) is 0. The van der Waals surface area contributed by atoms with Crippen molar-refractivity contribution in [3.63, 3.8) is 0 Å². The summed E-state index contributed by atoms with van der Waals surface area (Å²) >= 11 is 0. The van der Waals surface area contributed by atoms with Crippen LogP contribution in [0.3, 0.4) is 0 Å². The minimum absolute atomic E-state index is 0.00859. The van der Waals surface area contributed by atoms with Gasteiger partial charge in [0.05, 0.1) is 5.56 Å². The van der Waals surface area contributed by atoms with Crippen molar-refractivity contribution in [3.05, 3.63) is 59.7 Å². The van der Waals surface area contributed by atoms with E-state index in [0.29, 0.717) is 0 Å². The van der Waals surface area contributed by atoms with E-state index in [2.05, 4.69) is 0 Å². The predicted molar refractivity (Wildman–Crippen MR) is 78.3 cm³/mol. The number of imide groups is 1. The molecule has 0 radical (unpaired) electrons. The van der Waals surface area contributed by atoms with Crippen molar-refractivity contribution < 1.29 is 23.2 Å². The molecule has 23 heavy (non-hydrogen) atoms. The molecule has 8 heteroatoms. The standard InChI is InChI=1S/C15H11F2N3O3/c16-9-5-3-6-10(17)12(9)19-14(22)15(23)20-13(21)8-4-1-2-7-11(8)18/h1-7H,18H2,(H,19,22)(H,20,21,23). The highest BCUT2D eigenvalue weighted by molar-refractivity contribution is 6.42. The summed E-state index contributed by atoms with van der Waals surface area (Å²) in [5.74, 6) is -5.77. The molecule has 0 atom stereocenters. The first-order valence-electron chi connectivity index (χ1n) is 6.35. The fourth-order valence-electron chi connectivity index (χ4n) is 1.72. The average molecular weight is 319 g/mol. The van der Waals surface area contributed by atoms with Crippen molar-refractivity contribution in [1.82, 2.24) is 5.32 Å². The van der Waals surface area contributed by atoms with Gasteiger partial charge in [0, 0.05) is 5.69 Å². The molecule has 0 aliphatic rings. The maximum atomic E-state index is 13.4. The molecule has 0 spiro atoms. The van der Waals surface area contributed by atoms with Crippen LogP contribution in [-0.4, -0.2) is 17.7 Å². The summed E-state index contributed by atoms with van der Waals surface area (Å²) < 4.78 is 26.8. The fourth-order valence-corrected chi connectivity index (χ4v) is 1.72. The van der Waals surface area contributed by atoms with Crippen molar-refractivity contribution in [2.75, 3.05) is 11.1 Å². The van der Waals surface area contributed by atoms with Gasteiger partial charge in [-0.25, -0.2) is 8.78 Å². The molecule has 2 aromatic carbocycles. The highest BCUT2D eigenvalue weighted by Crippen LogP contribution is 2.17. The lowest BCUT2D eigenvalue weighted by atomic mass is 10.1. The Morgan fingerprint density at radius 2 is 1.48 bits per heavy atom. The molecule has 2 rings (SSSR count). The molecule has 0 unspecified atom stereocenters. The molecule has 6 nitrogen and oxygen atoms in total. The minimum Gasteiger partial charge on any atom is -0.398 e. The number of benzene rings is 2. The largest absolute Gasteiger partial charge is 0.398 e. The molecule has 0 fully saturated rings. The Kier molecular flexibility index (Phi) is 4.65. The number of rotatable bonds is 2. The molecular weight excluding hydrogens is 308 g/mol. The second-order valence-corrected chi connectivity index (χ2v) is 4.42. The van der Waals surface area contributed by atoms with Gasteiger partial charge >= 0.3 is 11.8 Å². The molecule has 3 amide bonds. The number of nitrogen functional groups attached to an aromatic ring is 1. The van der Waals surface area contributed by atoms with Gasteiger partial charge in [-0.1, -0.05) is 18.2 Å². The number of hydrogen-bond donors (Lipinski definition) is 3. The molecule has 118 valence electrons. The zero-order valence-electron chi connectivity index (χ0n) is 11.6. The highest BCUT2D eigenvalue weighted by Gasteiger charge is 2.21. The first kappa shape index (κ1) is 16.1. The second kappa shape index (κ2) is 6.65. The normalized spacial score (nSPS) is 10.0. The van der Waals surface area contributed by atoms with Crippen LogP contribution < -0.4 is 16.4 Å². The van der Waals surface area contributed by atoms with Gasteiger partial charge < -0.3 is 11.1 Å². The van der Waals surface area contributed by atoms with Crippen molar-refractivity contribution >= 4 is 29.1 Å². The number of halogens is 2. The monoisotopic (exact) mass is 319 g/mol. The molecule has 0 bridgehead atoms. The lowest BCUT2D eigenvalue weighted by Gasteiger charge is -2.08. The maximum absolute atomic E-state index is 13.4. The van der Waals surface area contributed by atoms with E-state index in [1.54, 1.807) is 16.7 Å². The lowest BCUT2D eigenvalue weighted by molar-refractivity contribution is -0.135. The van der Waals surface area contributed by atoms with E-state index in [9.17, 15) is 23.2 Å². The van der Waals surface area contributed by atoms with Crippen LogP contribution in [0.1, 0.15) is 10.4 Å². The van der Waals surface area contributed by atoms with Crippen LogP contribution in [-0.2, 0) is 9.59 Å². The first-order chi connectivity index (χ1) is 10.9. The summed E-state index contributed by atoms with van der Waals surface area (Å²) in [4.78, 5) is 35.1. The summed E-state index contributed by atoms with van der Waals surface area (Å²) in [6.45, 7) is 0. The second-order valence-electron chi connectivity index (χ2n) is 4.42. The van der Waals surface area contributed by atoms with E-state index < -0.39 is 35.0 Å². The Bertz CT molecular complexity index is 773. The van der Waals surface area contributed by atoms with Gasteiger partial charge in [0.15, 0.2) is 0 Å². The molecule has 4 N–H and O–H groups in total. The Hall–Kier alpha value is -3.29. The zero-order valence-corrected chi connectivity index (χ0v) is 11.6. The zero-order chi connectivity index (χ0) is 17.0. The third-order valence-corrected chi connectivity index (χ3v) is 2.84. The van der Waals surface area contributed by atoms with E-state index in [1.165, 1.54) is 18.2 Å². The van der Waals surface area contributed by atoms with E-state index in [4.69, 9.17) is 5.73 Å². The Morgan fingerprint density at radius 1 is 0.870 bits per heavy atom. The SMILES string of the molecule is Nc1ccccc1C(=O)NC(=O)C(=O)Nc1c(F)cccc1F. The topological polar surface area (TPSA) is 101 Å². The third kappa shape index (κ3) is 3.67. The maximum Gasteiger partial charge on any atom is 0.316 e. The number of anilines is 2. The number of para-hydroxylation sites is 2. The molecule has 0 aliphatic heterocycles. The summed E-state index contributed by atoms with van der Waals surface area (Å²) in [6, 6.07) is 8.81. The minimum atomic E-state index is -1.39. The van der Waals surface area contributed by atoms with Gasteiger partial charge in [-0.05, 0) is 24.3 Å². The van der Waals surface area contributed by atoms with Gasteiger partial charge in [0.25, 0.3) is 5.91 Å². The Morgan fingerprint density at radius 3 is 2.09 bits per heavy atom. The fraction of sp³-hybridized carbons (Fsp3) is 0. The van der Waals surface area contributed by atoms with E-state index in [0.717, 1.165) is 18.2 Å². The van der Waals surface area contributed by atoms with Crippen LogP contribution in [0.5, 0.6) is 0 Å². The number of nitrogens with one attached hydrogen (secondary N) is 2. The van der Waals surface area contributed by atoms with Crippen molar-refractivity contribution in [2.24, 2.45) is 0 Å². The van der Waals surface area contributed by atoms with Gasteiger partial charge in [-0.15, -0.1) is 0 Å². The van der Waals surface area contributed by atoms with Crippen molar-refractivity contribution in [3.8, 4) is 0 Å². The number of carbonyl (C=O) groups is 3. The lowest BCUT2D eigenvalue weighted by Crippen LogP contribution is -2.39. The van der Waals surface area contributed by atoms with Gasteiger partial charge in [-0.3, -0.25) is 19.7 Å². The first-order valence-corrected chi connectivity index (χ1v) is 6.35. The van der Waals surface area contributed by atoms with Crippen LogP contribution in [0, 0.1) is 11.6 Å². The molecule has 2 aromatic rings. The van der Waals surface area contributed by atoms with Crippen molar-refractivity contribution in [2.45, 2.75) is 0 Å². The number of carbonyl (C=O) groups excluding carboxylic acids is 3. The predicted octanol–water partition coefficient (Wildman–Crippen LogP) is 1.44. The Labute approximate surface area is 129 Å². The van der Waals surface area contributed by atoms with E-state index in [-0.39, 0.29) is 11.3 Å². The van der Waals surface area contributed by atoms with Gasteiger partial charge in [0.2, 0.25) is 0 Å². The Balaban J connectivity index is 2.08. The average Bonchev–Trinajstić information content (AvgIpc) is 2.51. The molecular formula is C15H11F2N3O3. The van der Waals surface area contributed by atoms with Crippen molar-refractivity contribution in [1.29, 1.82) is 0 Å². The highest BCUT2D eigenvalue weighted by atomic mass is 19.1. The molecule has 0 saturated heterocycles. The third-order valence-electron chi connectivity index (χ3n) is 2.84. The van der Waals surface area contributed by atoms with Crippen LogP contribution in [0.2, 0.25) is 0 Å². The quantitative estimate of drug-likeness (QED) is 0.576. The molecule has 0 aromatic heterocycles. The van der Waals surface area contributed by atoms with Gasteiger partial charge in [0.1, 0.15) is 17.3 Å². The molecule has 0 heterocycles. The van der Waals surface area contributed by atoms with Crippen LogP contribution >= 0.6 is 0 Å². The molecule has 0 saturated carbocycles. The number of nitrogens with two attached hydrogens (primary N) is 1. The molecule has 0 aliphatic carbocycles. The summed E-state index contributed by atoms with van der Waals surface area (Å²) in [5, 5.41) is 3.55. The summed E-state index contributed by atoms with van der Waals surface area (Å²) in [5.41, 5.74) is 4.89. The number of hydrogen-bond acceptors (Lipinski definition) is 4. The van der Waals surface area contributed by atoms with Crippen LogP contribution in [0.25, 0.3) is 0 Å².